The van der Waals surface area contributed by atoms with Gasteiger partial charge in [-0.1, -0.05) is 0 Å². The van der Waals surface area contributed by atoms with Crippen molar-refractivity contribution in [2.45, 2.75) is 19.5 Å². The van der Waals surface area contributed by atoms with Crippen LogP contribution in [0.3, 0.4) is 0 Å². The number of rotatable bonds is 4. The number of hydrogen-bond donors (Lipinski definition) is 1. The van der Waals surface area contributed by atoms with Gasteiger partial charge in [-0.05, 0) is 29.5 Å². The van der Waals surface area contributed by atoms with E-state index >= 15 is 0 Å². The van der Waals surface area contributed by atoms with E-state index in [-0.39, 0.29) is 5.56 Å². The summed E-state index contributed by atoms with van der Waals surface area (Å²) in [5.41, 5.74) is 1.90. The largest absolute Gasteiger partial charge is 0.493 e. The van der Waals surface area contributed by atoms with Crippen LogP contribution in [0, 0.1) is 0 Å². The summed E-state index contributed by atoms with van der Waals surface area (Å²) in [6.45, 7) is 2.50. The first-order chi connectivity index (χ1) is 12.2. The van der Waals surface area contributed by atoms with E-state index in [1.165, 1.54) is 10.4 Å². The van der Waals surface area contributed by atoms with E-state index in [4.69, 9.17) is 9.47 Å². The van der Waals surface area contributed by atoms with Crippen molar-refractivity contribution in [1.29, 1.82) is 0 Å². The molecule has 0 saturated carbocycles. The molecule has 1 N–H and O–H groups in total. The number of nitrogens with zero attached hydrogens (tertiary/aromatic N) is 2. The summed E-state index contributed by atoms with van der Waals surface area (Å²) in [5.74, 6) is 1.77. The van der Waals surface area contributed by atoms with Crippen molar-refractivity contribution in [3.05, 3.63) is 50.2 Å². The number of H-pyrrole nitrogens is 1. The fourth-order valence-corrected chi connectivity index (χ4v) is 4.20. The Morgan fingerprint density at radius 2 is 2.08 bits per heavy atom. The van der Waals surface area contributed by atoms with Gasteiger partial charge in [-0.25, -0.2) is 4.98 Å². The molecular formula is C18H19N3O3S. The van der Waals surface area contributed by atoms with Gasteiger partial charge in [0.1, 0.15) is 5.82 Å². The van der Waals surface area contributed by atoms with Crippen LogP contribution in [-0.2, 0) is 19.5 Å². The van der Waals surface area contributed by atoms with Gasteiger partial charge in [0.05, 0.1) is 31.7 Å². The minimum atomic E-state index is -0.158. The highest BCUT2D eigenvalue weighted by atomic mass is 32.1. The van der Waals surface area contributed by atoms with Gasteiger partial charge in [0.15, 0.2) is 11.5 Å². The number of aromatic amines is 1. The molecule has 1 aromatic carbocycles. The average molecular weight is 357 g/mol. The number of methoxy groups -OCH3 is 2. The van der Waals surface area contributed by atoms with Gasteiger partial charge in [0.25, 0.3) is 5.56 Å². The summed E-state index contributed by atoms with van der Waals surface area (Å²) in [6.07, 6.45) is 1.04. The predicted molar refractivity (Wildman–Crippen MR) is 97.6 cm³/mol. The van der Waals surface area contributed by atoms with Crippen molar-refractivity contribution >= 4 is 22.2 Å². The molecule has 1 aliphatic heterocycles. The second kappa shape index (κ2) is 6.50. The van der Waals surface area contributed by atoms with E-state index in [9.17, 15) is 4.79 Å². The molecule has 7 heteroatoms. The monoisotopic (exact) mass is 357 g/mol. The van der Waals surface area contributed by atoms with Crippen molar-refractivity contribution < 1.29 is 9.47 Å². The minimum Gasteiger partial charge on any atom is -0.493 e. The van der Waals surface area contributed by atoms with Gasteiger partial charge in [-0.15, -0.1) is 11.3 Å². The molecule has 2 aromatic heterocycles. The maximum atomic E-state index is 12.5. The van der Waals surface area contributed by atoms with Gasteiger partial charge in [-0.3, -0.25) is 9.69 Å². The number of nitrogens with one attached hydrogen (secondary N) is 1. The molecule has 1 aliphatic rings. The Bertz CT molecular complexity index is 979. The van der Waals surface area contributed by atoms with Crippen LogP contribution in [0.25, 0.3) is 10.9 Å². The zero-order chi connectivity index (χ0) is 17.4. The quantitative estimate of drug-likeness (QED) is 0.777. The predicted octanol–water partition coefficient (Wildman–Crippen LogP) is 2.56. The molecule has 0 aliphatic carbocycles. The number of thiophene rings is 1. The van der Waals surface area contributed by atoms with Crippen molar-refractivity contribution in [1.82, 2.24) is 14.9 Å². The fourth-order valence-electron chi connectivity index (χ4n) is 3.23. The van der Waals surface area contributed by atoms with E-state index in [1.54, 1.807) is 37.7 Å². The summed E-state index contributed by atoms with van der Waals surface area (Å²) in [6, 6.07) is 5.62. The Balaban J connectivity index is 1.66. The topological polar surface area (TPSA) is 67.5 Å². The molecule has 0 saturated heterocycles. The number of fused-ring (bicyclic) bond motifs is 2. The van der Waals surface area contributed by atoms with Crippen LogP contribution in [-0.4, -0.2) is 35.6 Å². The molecule has 4 rings (SSSR count). The molecule has 25 heavy (non-hydrogen) atoms. The lowest BCUT2D eigenvalue weighted by atomic mass is 10.1. The first-order valence-electron chi connectivity index (χ1n) is 8.10. The van der Waals surface area contributed by atoms with Gasteiger partial charge in [0, 0.05) is 24.0 Å². The van der Waals surface area contributed by atoms with Crippen LogP contribution in [0.2, 0.25) is 0 Å². The van der Waals surface area contributed by atoms with E-state index < -0.39 is 0 Å². The summed E-state index contributed by atoms with van der Waals surface area (Å²) in [5, 5.41) is 2.64. The highest BCUT2D eigenvalue weighted by molar-refractivity contribution is 7.10. The molecule has 0 unspecified atom stereocenters. The fraction of sp³-hybridized carbons (Fsp3) is 0.333. The van der Waals surface area contributed by atoms with Crippen LogP contribution < -0.4 is 15.0 Å². The first kappa shape index (κ1) is 16.1. The maximum Gasteiger partial charge on any atom is 0.258 e. The molecule has 130 valence electrons. The SMILES string of the molecule is COc1cc2nc(CN3CCc4ccsc4C3)[nH]c(=O)c2cc1OC. The molecule has 3 aromatic rings. The number of hydrogen-bond acceptors (Lipinski definition) is 6. The zero-order valence-electron chi connectivity index (χ0n) is 14.2. The molecule has 6 nitrogen and oxygen atoms in total. The van der Waals surface area contributed by atoms with Crippen LogP contribution in [0.4, 0.5) is 0 Å². The third-order valence-corrected chi connectivity index (χ3v) is 5.48. The second-order valence-corrected chi connectivity index (χ2v) is 7.07. The normalized spacial score (nSPS) is 14.5. The Morgan fingerprint density at radius 1 is 1.28 bits per heavy atom. The first-order valence-corrected chi connectivity index (χ1v) is 8.98. The highest BCUT2D eigenvalue weighted by Gasteiger charge is 2.19. The molecule has 0 radical (unpaired) electrons. The number of ether oxygens (including phenoxy) is 2. The van der Waals surface area contributed by atoms with Crippen molar-refractivity contribution in [3.8, 4) is 11.5 Å². The Kier molecular flexibility index (Phi) is 4.19. The molecular weight excluding hydrogens is 338 g/mol. The lowest BCUT2D eigenvalue weighted by Crippen LogP contribution is -2.30. The summed E-state index contributed by atoms with van der Waals surface area (Å²) in [7, 11) is 3.12. The molecule has 0 spiro atoms. The molecule has 0 fully saturated rings. The lowest BCUT2D eigenvalue weighted by Gasteiger charge is -2.26. The third-order valence-electron chi connectivity index (χ3n) is 4.54. The third kappa shape index (κ3) is 3.01. The molecule has 0 amide bonds. The summed E-state index contributed by atoms with van der Waals surface area (Å²) >= 11 is 1.79. The highest BCUT2D eigenvalue weighted by Crippen LogP contribution is 2.30. The lowest BCUT2D eigenvalue weighted by molar-refractivity contribution is 0.243. The smallest absolute Gasteiger partial charge is 0.258 e. The van der Waals surface area contributed by atoms with Gasteiger partial charge >= 0.3 is 0 Å². The van der Waals surface area contributed by atoms with E-state index in [0.717, 1.165) is 19.5 Å². The van der Waals surface area contributed by atoms with Gasteiger partial charge in [-0.2, -0.15) is 0 Å². The van der Waals surface area contributed by atoms with Gasteiger partial charge in [0.2, 0.25) is 0 Å². The van der Waals surface area contributed by atoms with E-state index in [2.05, 4.69) is 26.3 Å². The van der Waals surface area contributed by atoms with E-state index in [0.29, 0.717) is 34.8 Å². The number of aromatic nitrogens is 2. The zero-order valence-corrected chi connectivity index (χ0v) is 15.0. The van der Waals surface area contributed by atoms with Crippen molar-refractivity contribution in [3.63, 3.8) is 0 Å². The summed E-state index contributed by atoms with van der Waals surface area (Å²) < 4.78 is 10.6. The standard InChI is InChI=1S/C18H19N3O3S/c1-23-14-7-12-13(8-15(14)24-2)19-17(20-18(12)22)10-21-5-3-11-4-6-25-16(11)9-21/h4,6-8H,3,5,9-10H2,1-2H3,(H,19,20,22). The van der Waals surface area contributed by atoms with Crippen LogP contribution in [0.1, 0.15) is 16.3 Å². The van der Waals surface area contributed by atoms with Crippen molar-refractivity contribution in [2.24, 2.45) is 0 Å². The van der Waals surface area contributed by atoms with Crippen LogP contribution in [0.15, 0.2) is 28.4 Å². The van der Waals surface area contributed by atoms with Crippen LogP contribution in [0.5, 0.6) is 11.5 Å². The summed E-state index contributed by atoms with van der Waals surface area (Å²) in [4.78, 5) is 23.7. The Hall–Kier alpha value is -2.38. The Morgan fingerprint density at radius 3 is 2.88 bits per heavy atom. The Labute approximate surface area is 149 Å². The average Bonchev–Trinajstić information content (AvgIpc) is 3.08. The van der Waals surface area contributed by atoms with E-state index in [1.807, 2.05) is 0 Å². The van der Waals surface area contributed by atoms with Crippen LogP contribution >= 0.6 is 11.3 Å². The minimum absolute atomic E-state index is 0.158. The molecule has 3 heterocycles. The number of benzene rings is 1. The molecule has 0 bridgehead atoms. The van der Waals surface area contributed by atoms with Crippen molar-refractivity contribution in [2.75, 3.05) is 20.8 Å². The maximum absolute atomic E-state index is 12.5. The molecule has 0 atom stereocenters. The second-order valence-electron chi connectivity index (χ2n) is 6.07. The van der Waals surface area contributed by atoms with Gasteiger partial charge < -0.3 is 14.5 Å².